The Labute approximate surface area is 100 Å². The van der Waals surface area contributed by atoms with Gasteiger partial charge < -0.3 is 10.8 Å². The summed E-state index contributed by atoms with van der Waals surface area (Å²) in [4.78, 5) is 0. The van der Waals surface area contributed by atoms with Gasteiger partial charge in [-0.2, -0.15) is 13.2 Å². The Morgan fingerprint density at radius 2 is 1.88 bits per heavy atom. The maximum Gasteiger partial charge on any atom is 0.391 e. The van der Waals surface area contributed by atoms with Crippen molar-refractivity contribution in [1.29, 1.82) is 0 Å². The molecule has 1 rings (SSSR count). The third-order valence-electron chi connectivity index (χ3n) is 4.28. The molecule has 0 amide bonds. The van der Waals surface area contributed by atoms with Crippen LogP contribution in [0.2, 0.25) is 0 Å². The number of hydrogen-bond acceptors (Lipinski definition) is 2. The minimum absolute atomic E-state index is 0.00435. The van der Waals surface area contributed by atoms with Crippen molar-refractivity contribution in [3.63, 3.8) is 0 Å². The third-order valence-corrected chi connectivity index (χ3v) is 4.28. The number of aliphatic hydroxyl groups is 1. The first kappa shape index (κ1) is 14.8. The van der Waals surface area contributed by atoms with E-state index in [-0.39, 0.29) is 30.9 Å². The molecule has 3 N–H and O–H groups in total. The van der Waals surface area contributed by atoms with Gasteiger partial charge in [0.15, 0.2) is 0 Å². The van der Waals surface area contributed by atoms with E-state index < -0.39 is 12.1 Å². The second-order valence-electron chi connectivity index (χ2n) is 5.17. The predicted molar refractivity (Wildman–Crippen MR) is 60.4 cm³/mol. The average molecular weight is 253 g/mol. The first-order chi connectivity index (χ1) is 7.85. The molecule has 1 atom stereocenters. The zero-order valence-electron chi connectivity index (χ0n) is 10.3. The molecular formula is C12H22F3NO. The number of aliphatic hydroxyl groups excluding tert-OH is 1. The van der Waals surface area contributed by atoms with Crippen LogP contribution in [0.5, 0.6) is 0 Å². The highest BCUT2D eigenvalue weighted by molar-refractivity contribution is 4.93. The lowest BCUT2D eigenvalue weighted by molar-refractivity contribution is -0.189. The van der Waals surface area contributed by atoms with Crippen LogP contribution in [0.3, 0.4) is 0 Å². The second-order valence-corrected chi connectivity index (χ2v) is 5.17. The maximum absolute atomic E-state index is 12.6. The normalized spacial score (nSPS) is 32.5. The topological polar surface area (TPSA) is 46.2 Å². The molecule has 0 aromatic rings. The number of halogens is 3. The van der Waals surface area contributed by atoms with Crippen molar-refractivity contribution in [3.8, 4) is 0 Å². The third kappa shape index (κ3) is 3.35. The van der Waals surface area contributed by atoms with Crippen molar-refractivity contribution >= 4 is 0 Å². The Morgan fingerprint density at radius 1 is 1.35 bits per heavy atom. The Kier molecular flexibility index (Phi) is 4.84. The Balaban J connectivity index is 2.67. The van der Waals surface area contributed by atoms with E-state index in [1.807, 2.05) is 6.92 Å². The quantitative estimate of drug-likeness (QED) is 0.809. The standard InChI is InChI=1S/C12H22F3NO/c1-2-10(16)11(7-8-17)5-3-9(4-6-11)12(13,14)15/h9-10,17H,2-8,16H2,1H3. The summed E-state index contributed by atoms with van der Waals surface area (Å²) in [6.07, 6.45) is -1.56. The zero-order valence-corrected chi connectivity index (χ0v) is 10.3. The fourth-order valence-corrected chi connectivity index (χ4v) is 2.98. The van der Waals surface area contributed by atoms with Gasteiger partial charge in [0, 0.05) is 12.6 Å². The van der Waals surface area contributed by atoms with Crippen LogP contribution < -0.4 is 5.73 Å². The molecular weight excluding hydrogens is 231 g/mol. The van der Waals surface area contributed by atoms with E-state index in [1.54, 1.807) is 0 Å². The van der Waals surface area contributed by atoms with Gasteiger partial charge in [-0.25, -0.2) is 0 Å². The van der Waals surface area contributed by atoms with E-state index >= 15 is 0 Å². The lowest BCUT2D eigenvalue weighted by atomic mass is 9.64. The molecule has 0 spiro atoms. The molecule has 5 heteroatoms. The minimum Gasteiger partial charge on any atom is -0.396 e. The molecule has 0 aromatic carbocycles. The monoisotopic (exact) mass is 253 g/mol. The molecule has 1 aliphatic rings. The summed E-state index contributed by atoms with van der Waals surface area (Å²) in [5, 5.41) is 9.08. The van der Waals surface area contributed by atoms with Gasteiger partial charge >= 0.3 is 6.18 Å². The van der Waals surface area contributed by atoms with Crippen molar-refractivity contribution in [2.45, 2.75) is 57.7 Å². The van der Waals surface area contributed by atoms with Crippen LogP contribution in [0.25, 0.3) is 0 Å². The highest BCUT2D eigenvalue weighted by atomic mass is 19.4. The number of hydrogen-bond donors (Lipinski definition) is 2. The molecule has 102 valence electrons. The van der Waals surface area contributed by atoms with Gasteiger partial charge in [-0.05, 0) is 43.9 Å². The van der Waals surface area contributed by atoms with E-state index in [0.717, 1.165) is 6.42 Å². The highest BCUT2D eigenvalue weighted by Crippen LogP contribution is 2.48. The largest absolute Gasteiger partial charge is 0.396 e. The number of rotatable bonds is 4. The van der Waals surface area contributed by atoms with Crippen molar-refractivity contribution in [2.24, 2.45) is 17.1 Å². The number of nitrogens with two attached hydrogens (primary N) is 1. The van der Waals surface area contributed by atoms with Crippen molar-refractivity contribution < 1.29 is 18.3 Å². The van der Waals surface area contributed by atoms with Crippen LogP contribution in [-0.4, -0.2) is 23.9 Å². The Bertz CT molecular complexity index is 234. The summed E-state index contributed by atoms with van der Waals surface area (Å²) in [5.74, 6) is -1.18. The van der Waals surface area contributed by atoms with Crippen molar-refractivity contribution in [1.82, 2.24) is 0 Å². The second kappa shape index (κ2) is 5.57. The first-order valence-electron chi connectivity index (χ1n) is 6.29. The highest BCUT2D eigenvalue weighted by Gasteiger charge is 2.47. The maximum atomic E-state index is 12.6. The molecule has 17 heavy (non-hydrogen) atoms. The molecule has 0 heterocycles. The summed E-state index contributed by atoms with van der Waals surface area (Å²) >= 11 is 0. The van der Waals surface area contributed by atoms with Crippen LogP contribution in [0.1, 0.15) is 45.4 Å². The van der Waals surface area contributed by atoms with E-state index in [1.165, 1.54) is 0 Å². The minimum atomic E-state index is -4.08. The number of alkyl halides is 3. The summed E-state index contributed by atoms with van der Waals surface area (Å²) in [6, 6.07) is -0.108. The molecule has 1 fully saturated rings. The molecule has 1 aliphatic carbocycles. The molecule has 0 radical (unpaired) electrons. The van der Waals surface area contributed by atoms with Crippen molar-refractivity contribution in [3.05, 3.63) is 0 Å². The Hall–Kier alpha value is -0.290. The molecule has 0 bridgehead atoms. The smallest absolute Gasteiger partial charge is 0.391 e. The van der Waals surface area contributed by atoms with Gasteiger partial charge in [0.1, 0.15) is 0 Å². The summed E-state index contributed by atoms with van der Waals surface area (Å²) in [5.41, 5.74) is 5.74. The molecule has 2 nitrogen and oxygen atoms in total. The fourth-order valence-electron chi connectivity index (χ4n) is 2.98. The van der Waals surface area contributed by atoms with E-state index in [4.69, 9.17) is 10.8 Å². The first-order valence-corrected chi connectivity index (χ1v) is 6.29. The fraction of sp³-hybridized carbons (Fsp3) is 1.00. The van der Waals surface area contributed by atoms with Gasteiger partial charge in [0.25, 0.3) is 0 Å². The summed E-state index contributed by atoms with van der Waals surface area (Å²) < 4.78 is 37.7. The SMILES string of the molecule is CCC(N)C1(CCO)CCC(C(F)(F)F)CC1. The van der Waals surface area contributed by atoms with E-state index in [0.29, 0.717) is 19.3 Å². The van der Waals surface area contributed by atoms with Gasteiger partial charge in [-0.3, -0.25) is 0 Å². The van der Waals surface area contributed by atoms with Crippen LogP contribution in [-0.2, 0) is 0 Å². The van der Waals surface area contributed by atoms with Crippen LogP contribution in [0, 0.1) is 11.3 Å². The van der Waals surface area contributed by atoms with Crippen LogP contribution in [0.4, 0.5) is 13.2 Å². The lowest BCUT2D eigenvalue weighted by Gasteiger charge is -2.44. The van der Waals surface area contributed by atoms with Crippen LogP contribution in [0.15, 0.2) is 0 Å². The molecule has 0 saturated heterocycles. The van der Waals surface area contributed by atoms with Gasteiger partial charge in [-0.1, -0.05) is 6.92 Å². The van der Waals surface area contributed by atoms with Gasteiger partial charge in [0.05, 0.1) is 5.92 Å². The summed E-state index contributed by atoms with van der Waals surface area (Å²) in [7, 11) is 0. The van der Waals surface area contributed by atoms with Gasteiger partial charge in [0.2, 0.25) is 0 Å². The van der Waals surface area contributed by atoms with Crippen LogP contribution >= 0.6 is 0 Å². The van der Waals surface area contributed by atoms with E-state index in [9.17, 15) is 13.2 Å². The molecule has 0 aromatic heterocycles. The summed E-state index contributed by atoms with van der Waals surface area (Å²) in [6.45, 7) is 1.95. The van der Waals surface area contributed by atoms with Crippen molar-refractivity contribution in [2.75, 3.05) is 6.61 Å². The molecule has 0 aliphatic heterocycles. The predicted octanol–water partition coefficient (Wildman–Crippen LogP) is 2.85. The Morgan fingerprint density at radius 3 is 2.24 bits per heavy atom. The zero-order chi connectivity index (χ0) is 13.1. The van der Waals surface area contributed by atoms with Gasteiger partial charge in [-0.15, -0.1) is 0 Å². The van der Waals surface area contributed by atoms with E-state index in [2.05, 4.69) is 0 Å². The molecule has 1 unspecified atom stereocenters. The lowest BCUT2D eigenvalue weighted by Crippen LogP contribution is -2.46. The molecule has 1 saturated carbocycles. The average Bonchev–Trinajstić information content (AvgIpc) is 2.27.